The van der Waals surface area contributed by atoms with Gasteiger partial charge in [-0.25, -0.2) is 4.79 Å². The molecule has 0 bridgehead atoms. The van der Waals surface area contributed by atoms with Gasteiger partial charge in [-0.1, -0.05) is 12.2 Å². The average Bonchev–Trinajstić information content (AvgIpc) is 2.67. The average molecular weight is 253 g/mol. The van der Waals surface area contributed by atoms with E-state index in [0.29, 0.717) is 6.54 Å². The van der Waals surface area contributed by atoms with E-state index in [1.165, 1.54) is 5.56 Å². The van der Waals surface area contributed by atoms with Gasteiger partial charge in [-0.3, -0.25) is 0 Å². The Hall–Kier alpha value is -1.29. The normalized spacial score (nSPS) is 11.7. The SMILES string of the molecule is CC(C)(C)OC(=O)NCCC=Cc1ccsc1. The van der Waals surface area contributed by atoms with E-state index in [4.69, 9.17) is 4.74 Å². The molecule has 17 heavy (non-hydrogen) atoms. The van der Waals surface area contributed by atoms with Crippen LogP contribution in [0.1, 0.15) is 32.8 Å². The van der Waals surface area contributed by atoms with Crippen LogP contribution in [0.4, 0.5) is 4.79 Å². The van der Waals surface area contributed by atoms with E-state index in [0.717, 1.165) is 6.42 Å². The molecule has 4 heteroatoms. The topological polar surface area (TPSA) is 38.3 Å². The maximum absolute atomic E-state index is 11.3. The molecule has 1 aromatic heterocycles. The van der Waals surface area contributed by atoms with E-state index in [1.54, 1.807) is 11.3 Å². The van der Waals surface area contributed by atoms with Crippen LogP contribution in [0.2, 0.25) is 0 Å². The zero-order valence-electron chi connectivity index (χ0n) is 10.5. The summed E-state index contributed by atoms with van der Waals surface area (Å²) in [4.78, 5) is 11.3. The number of alkyl carbamates (subject to hydrolysis) is 1. The zero-order chi connectivity index (χ0) is 12.7. The first-order chi connectivity index (χ1) is 7.97. The van der Waals surface area contributed by atoms with Gasteiger partial charge in [-0.05, 0) is 49.6 Å². The van der Waals surface area contributed by atoms with Crippen LogP contribution in [0, 0.1) is 0 Å². The van der Waals surface area contributed by atoms with Gasteiger partial charge in [0.2, 0.25) is 0 Å². The van der Waals surface area contributed by atoms with Crippen molar-refractivity contribution in [3.63, 3.8) is 0 Å². The number of hydrogen-bond acceptors (Lipinski definition) is 3. The monoisotopic (exact) mass is 253 g/mol. The molecule has 1 N–H and O–H groups in total. The van der Waals surface area contributed by atoms with E-state index in [-0.39, 0.29) is 6.09 Å². The lowest BCUT2D eigenvalue weighted by Crippen LogP contribution is -2.32. The van der Waals surface area contributed by atoms with Crippen molar-refractivity contribution in [2.24, 2.45) is 0 Å². The molecule has 94 valence electrons. The number of carbonyl (C=O) groups is 1. The minimum atomic E-state index is -0.434. The predicted octanol–water partition coefficient (Wildman–Crippen LogP) is 3.68. The summed E-state index contributed by atoms with van der Waals surface area (Å²) in [7, 11) is 0. The van der Waals surface area contributed by atoms with Crippen molar-refractivity contribution >= 4 is 23.5 Å². The number of rotatable bonds is 4. The molecular weight excluding hydrogens is 234 g/mol. The van der Waals surface area contributed by atoms with Crippen LogP contribution in [-0.4, -0.2) is 18.2 Å². The van der Waals surface area contributed by atoms with Gasteiger partial charge in [-0.15, -0.1) is 0 Å². The molecule has 0 aromatic carbocycles. The van der Waals surface area contributed by atoms with Crippen molar-refractivity contribution in [2.75, 3.05) is 6.54 Å². The largest absolute Gasteiger partial charge is 0.444 e. The maximum Gasteiger partial charge on any atom is 0.407 e. The molecule has 1 aromatic rings. The van der Waals surface area contributed by atoms with Gasteiger partial charge in [-0.2, -0.15) is 11.3 Å². The Morgan fingerprint density at radius 2 is 2.29 bits per heavy atom. The second-order valence-electron chi connectivity index (χ2n) is 4.68. The summed E-state index contributed by atoms with van der Waals surface area (Å²) in [5.74, 6) is 0. The molecule has 0 aliphatic carbocycles. The Labute approximate surface area is 106 Å². The number of ether oxygens (including phenoxy) is 1. The lowest BCUT2D eigenvalue weighted by Gasteiger charge is -2.19. The summed E-state index contributed by atoms with van der Waals surface area (Å²) in [5, 5.41) is 6.83. The van der Waals surface area contributed by atoms with Crippen molar-refractivity contribution in [1.29, 1.82) is 0 Å². The molecule has 0 aliphatic rings. The van der Waals surface area contributed by atoms with Crippen molar-refractivity contribution in [3.05, 3.63) is 28.5 Å². The second kappa shape index (κ2) is 6.45. The molecule has 1 amide bonds. The summed E-state index contributed by atoms with van der Waals surface area (Å²) in [6.07, 6.45) is 4.53. The molecule has 0 saturated heterocycles. The van der Waals surface area contributed by atoms with Crippen LogP contribution in [0.25, 0.3) is 6.08 Å². The van der Waals surface area contributed by atoms with Gasteiger partial charge in [0, 0.05) is 6.54 Å². The quantitative estimate of drug-likeness (QED) is 0.831. The minimum Gasteiger partial charge on any atom is -0.444 e. The van der Waals surface area contributed by atoms with E-state index < -0.39 is 5.60 Å². The summed E-state index contributed by atoms with van der Waals surface area (Å²) in [6, 6.07) is 2.06. The van der Waals surface area contributed by atoms with Gasteiger partial charge >= 0.3 is 6.09 Å². The fourth-order valence-corrected chi connectivity index (χ4v) is 1.79. The highest BCUT2D eigenvalue weighted by Gasteiger charge is 2.14. The predicted molar refractivity (Wildman–Crippen MR) is 72.2 cm³/mol. The highest BCUT2D eigenvalue weighted by molar-refractivity contribution is 7.08. The fourth-order valence-electron chi connectivity index (χ4n) is 1.16. The van der Waals surface area contributed by atoms with Crippen molar-refractivity contribution < 1.29 is 9.53 Å². The molecule has 3 nitrogen and oxygen atoms in total. The molecule has 0 aliphatic heterocycles. The summed E-state index contributed by atoms with van der Waals surface area (Å²) < 4.78 is 5.12. The zero-order valence-corrected chi connectivity index (χ0v) is 11.3. The molecule has 0 unspecified atom stereocenters. The van der Waals surface area contributed by atoms with Gasteiger partial charge in [0.15, 0.2) is 0 Å². The first kappa shape index (κ1) is 13.8. The minimum absolute atomic E-state index is 0.360. The van der Waals surface area contributed by atoms with Crippen LogP contribution in [0.5, 0.6) is 0 Å². The molecule has 0 atom stereocenters. The van der Waals surface area contributed by atoms with Crippen LogP contribution in [-0.2, 0) is 4.74 Å². The van der Waals surface area contributed by atoms with Crippen molar-refractivity contribution in [2.45, 2.75) is 32.8 Å². The van der Waals surface area contributed by atoms with Crippen molar-refractivity contribution in [1.82, 2.24) is 5.32 Å². The highest BCUT2D eigenvalue weighted by atomic mass is 32.1. The molecular formula is C13H19NO2S. The van der Waals surface area contributed by atoms with Crippen molar-refractivity contribution in [3.8, 4) is 0 Å². The summed E-state index contributed by atoms with van der Waals surface area (Å²) >= 11 is 1.67. The standard InChI is InChI=1S/C13H19NO2S/c1-13(2,3)16-12(15)14-8-5-4-6-11-7-9-17-10-11/h4,6-7,9-10H,5,8H2,1-3H3,(H,14,15). The van der Waals surface area contributed by atoms with Crippen LogP contribution in [0.3, 0.4) is 0 Å². The highest BCUT2D eigenvalue weighted by Crippen LogP contribution is 2.08. The third kappa shape index (κ3) is 6.79. The van der Waals surface area contributed by atoms with Crippen LogP contribution in [0.15, 0.2) is 22.9 Å². The van der Waals surface area contributed by atoms with Gasteiger partial charge < -0.3 is 10.1 Å². The lowest BCUT2D eigenvalue weighted by atomic mass is 10.2. The third-order valence-electron chi connectivity index (χ3n) is 1.83. The second-order valence-corrected chi connectivity index (χ2v) is 5.46. The van der Waals surface area contributed by atoms with Gasteiger partial charge in [0.05, 0.1) is 0 Å². The van der Waals surface area contributed by atoms with E-state index >= 15 is 0 Å². The molecule has 0 fully saturated rings. The number of nitrogens with one attached hydrogen (secondary N) is 1. The molecule has 1 heterocycles. The maximum atomic E-state index is 11.3. The summed E-state index contributed by atoms with van der Waals surface area (Å²) in [5.41, 5.74) is 0.767. The Bertz CT molecular complexity index is 363. The van der Waals surface area contributed by atoms with Crippen LogP contribution >= 0.6 is 11.3 Å². The first-order valence-electron chi connectivity index (χ1n) is 5.63. The molecule has 0 spiro atoms. The first-order valence-corrected chi connectivity index (χ1v) is 6.57. The number of amides is 1. The number of hydrogen-bond donors (Lipinski definition) is 1. The Morgan fingerprint density at radius 1 is 1.53 bits per heavy atom. The molecule has 0 saturated carbocycles. The molecule has 1 rings (SSSR count). The Morgan fingerprint density at radius 3 is 2.88 bits per heavy atom. The van der Waals surface area contributed by atoms with Crippen LogP contribution < -0.4 is 5.32 Å². The number of carbonyl (C=O) groups excluding carboxylic acids is 1. The van der Waals surface area contributed by atoms with E-state index in [2.05, 4.69) is 16.8 Å². The third-order valence-corrected chi connectivity index (χ3v) is 2.53. The van der Waals surface area contributed by atoms with E-state index in [1.807, 2.05) is 38.3 Å². The fraction of sp³-hybridized carbons (Fsp3) is 0.462. The summed E-state index contributed by atoms with van der Waals surface area (Å²) in [6.45, 7) is 6.14. The van der Waals surface area contributed by atoms with E-state index in [9.17, 15) is 4.79 Å². The van der Waals surface area contributed by atoms with Gasteiger partial charge in [0.1, 0.15) is 5.60 Å². The Kier molecular flexibility index (Phi) is 5.22. The Balaban J connectivity index is 2.14. The lowest BCUT2D eigenvalue weighted by molar-refractivity contribution is 0.0529. The number of thiophene rings is 1. The molecule has 0 radical (unpaired) electrons. The van der Waals surface area contributed by atoms with Gasteiger partial charge in [0.25, 0.3) is 0 Å². The smallest absolute Gasteiger partial charge is 0.407 e.